The summed E-state index contributed by atoms with van der Waals surface area (Å²) in [5, 5.41) is 4.41. The van der Waals surface area contributed by atoms with Crippen molar-refractivity contribution in [3.63, 3.8) is 0 Å². The van der Waals surface area contributed by atoms with E-state index in [4.69, 9.17) is 4.74 Å². The van der Waals surface area contributed by atoms with Gasteiger partial charge in [0.2, 0.25) is 20.0 Å². The number of rotatable bonds is 8. The van der Waals surface area contributed by atoms with Gasteiger partial charge in [-0.3, -0.25) is 4.72 Å². The zero-order chi connectivity index (χ0) is 21.9. The first-order valence-corrected chi connectivity index (χ1v) is 12.8. The zero-order valence-corrected chi connectivity index (χ0v) is 18.7. The van der Waals surface area contributed by atoms with Crippen molar-refractivity contribution in [2.45, 2.75) is 26.3 Å². The molecule has 1 aliphatic heterocycles. The number of nitrogens with zero attached hydrogens (tertiary/aromatic N) is 2. The summed E-state index contributed by atoms with van der Waals surface area (Å²) in [5.74, 6) is 0.501. The Kier molecular flexibility index (Phi) is 6.37. The first-order chi connectivity index (χ1) is 14.2. The molecule has 0 aromatic heterocycles. The third-order valence-electron chi connectivity index (χ3n) is 4.91. The van der Waals surface area contributed by atoms with E-state index >= 15 is 0 Å². The number of methoxy groups -OCH3 is 1. The van der Waals surface area contributed by atoms with Crippen molar-refractivity contribution < 1.29 is 21.6 Å². The Labute approximate surface area is 177 Å². The molecule has 0 radical (unpaired) electrons. The number of nitrogens with one attached hydrogen (secondary N) is 1. The fourth-order valence-corrected chi connectivity index (χ4v) is 4.91. The van der Waals surface area contributed by atoms with Crippen LogP contribution in [0.3, 0.4) is 0 Å². The Bertz CT molecular complexity index is 1140. The minimum atomic E-state index is -3.63. The smallest absolute Gasteiger partial charge is 0.250 e. The van der Waals surface area contributed by atoms with Crippen LogP contribution >= 0.6 is 0 Å². The van der Waals surface area contributed by atoms with Crippen LogP contribution in [0, 0.1) is 0 Å². The number of hydrogen-bond acceptors (Lipinski definition) is 6. The standard InChI is InChI=1S/C20H25N3O5S2/c1-4-29(24,25)22-18-9-7-6-8-17(18)19-14-20(23(21-19)30(26,27)5-2)15-10-12-16(28-3)13-11-15/h6-13,20,22H,4-5,14H2,1-3H3. The van der Waals surface area contributed by atoms with E-state index in [1.807, 2.05) is 12.1 Å². The third kappa shape index (κ3) is 4.59. The van der Waals surface area contributed by atoms with Crippen LogP contribution in [0.5, 0.6) is 5.75 Å². The zero-order valence-electron chi connectivity index (χ0n) is 17.1. The highest BCUT2D eigenvalue weighted by molar-refractivity contribution is 7.92. The van der Waals surface area contributed by atoms with Crippen LogP contribution in [0.15, 0.2) is 53.6 Å². The van der Waals surface area contributed by atoms with Gasteiger partial charge in [0.15, 0.2) is 0 Å². The van der Waals surface area contributed by atoms with Gasteiger partial charge in [-0.15, -0.1) is 0 Å². The van der Waals surface area contributed by atoms with E-state index in [9.17, 15) is 16.8 Å². The van der Waals surface area contributed by atoms with Gasteiger partial charge >= 0.3 is 0 Å². The molecule has 0 saturated carbocycles. The van der Waals surface area contributed by atoms with Crippen molar-refractivity contribution >= 4 is 31.4 Å². The Balaban J connectivity index is 2.04. The van der Waals surface area contributed by atoms with E-state index < -0.39 is 26.1 Å². The van der Waals surface area contributed by atoms with Gasteiger partial charge in [-0.2, -0.15) is 9.52 Å². The molecule has 3 rings (SSSR count). The average molecular weight is 452 g/mol. The highest BCUT2D eigenvalue weighted by atomic mass is 32.2. The molecule has 1 atom stereocenters. The number of benzene rings is 2. The molecule has 162 valence electrons. The summed E-state index contributed by atoms with van der Waals surface area (Å²) in [6, 6.07) is 13.5. The fourth-order valence-electron chi connectivity index (χ4n) is 3.18. The molecule has 0 saturated heterocycles. The second kappa shape index (κ2) is 8.65. The average Bonchev–Trinajstić information content (AvgIpc) is 3.20. The molecule has 2 aromatic rings. The molecule has 8 nitrogen and oxygen atoms in total. The predicted molar refractivity (Wildman–Crippen MR) is 118 cm³/mol. The minimum absolute atomic E-state index is 0.0708. The Morgan fingerprint density at radius 1 is 1.03 bits per heavy atom. The molecule has 0 amide bonds. The molecular weight excluding hydrogens is 426 g/mol. The largest absolute Gasteiger partial charge is 0.497 e. The number of sulfonamides is 2. The summed E-state index contributed by atoms with van der Waals surface area (Å²) in [6.45, 7) is 3.12. The fraction of sp³-hybridized carbons (Fsp3) is 0.350. The third-order valence-corrected chi connectivity index (χ3v) is 7.83. The Morgan fingerprint density at radius 2 is 1.70 bits per heavy atom. The van der Waals surface area contributed by atoms with E-state index in [2.05, 4.69) is 9.82 Å². The molecule has 30 heavy (non-hydrogen) atoms. The van der Waals surface area contributed by atoms with Crippen LogP contribution in [0.2, 0.25) is 0 Å². The maximum Gasteiger partial charge on any atom is 0.250 e. The molecule has 1 heterocycles. The van der Waals surface area contributed by atoms with Crippen LogP contribution in [0.25, 0.3) is 0 Å². The normalized spacial score (nSPS) is 17.0. The monoisotopic (exact) mass is 451 g/mol. The van der Waals surface area contributed by atoms with Gasteiger partial charge in [-0.05, 0) is 37.6 Å². The molecule has 1 N–H and O–H groups in total. The molecule has 2 aromatic carbocycles. The molecular formula is C20H25N3O5S2. The number of anilines is 1. The van der Waals surface area contributed by atoms with Crippen molar-refractivity contribution in [2.75, 3.05) is 23.3 Å². The van der Waals surface area contributed by atoms with Crippen molar-refractivity contribution in [3.05, 3.63) is 59.7 Å². The summed E-state index contributed by atoms with van der Waals surface area (Å²) < 4.78 is 58.5. The maximum absolute atomic E-state index is 12.7. The van der Waals surface area contributed by atoms with Crippen LogP contribution in [-0.2, 0) is 20.0 Å². The van der Waals surface area contributed by atoms with Gasteiger partial charge in [0.1, 0.15) is 5.75 Å². The van der Waals surface area contributed by atoms with Crippen molar-refractivity contribution in [3.8, 4) is 5.75 Å². The minimum Gasteiger partial charge on any atom is -0.497 e. The van der Waals surface area contributed by atoms with Gasteiger partial charge in [0.25, 0.3) is 0 Å². The Hall–Kier alpha value is -2.59. The van der Waals surface area contributed by atoms with Gasteiger partial charge in [-0.1, -0.05) is 30.3 Å². The lowest BCUT2D eigenvalue weighted by atomic mass is 9.98. The molecule has 1 aliphatic rings. The van der Waals surface area contributed by atoms with Crippen LogP contribution < -0.4 is 9.46 Å². The highest BCUT2D eigenvalue weighted by Crippen LogP contribution is 2.37. The second-order valence-corrected chi connectivity index (χ2v) is 10.9. The first kappa shape index (κ1) is 22.1. The summed E-state index contributed by atoms with van der Waals surface area (Å²) in [6.07, 6.45) is 0.316. The molecule has 10 heteroatoms. The van der Waals surface area contributed by atoms with Gasteiger partial charge in [0, 0.05) is 12.0 Å². The summed E-state index contributed by atoms with van der Waals surface area (Å²) in [4.78, 5) is 0. The predicted octanol–water partition coefficient (Wildman–Crippen LogP) is 2.96. The van der Waals surface area contributed by atoms with Crippen molar-refractivity contribution in [1.82, 2.24) is 4.41 Å². The molecule has 1 unspecified atom stereocenters. The lowest BCUT2D eigenvalue weighted by Gasteiger charge is -2.22. The summed E-state index contributed by atoms with van der Waals surface area (Å²) in [7, 11) is -5.56. The highest BCUT2D eigenvalue weighted by Gasteiger charge is 2.36. The van der Waals surface area contributed by atoms with Crippen molar-refractivity contribution in [1.29, 1.82) is 0 Å². The topological polar surface area (TPSA) is 105 Å². The maximum atomic E-state index is 12.7. The van der Waals surface area contributed by atoms with Gasteiger partial charge in [-0.25, -0.2) is 16.8 Å². The summed E-state index contributed by atoms with van der Waals surface area (Å²) in [5.41, 5.74) is 2.21. The quantitative estimate of drug-likeness (QED) is 0.664. The van der Waals surface area contributed by atoms with Crippen LogP contribution in [-0.4, -0.2) is 45.6 Å². The second-order valence-electron chi connectivity index (χ2n) is 6.76. The number of ether oxygens (including phenoxy) is 1. The SMILES string of the molecule is CCS(=O)(=O)Nc1ccccc1C1=NN(S(=O)(=O)CC)C(c2ccc(OC)cc2)C1. The molecule has 0 aliphatic carbocycles. The summed E-state index contributed by atoms with van der Waals surface area (Å²) >= 11 is 0. The number of hydrogen-bond donors (Lipinski definition) is 1. The van der Waals surface area contributed by atoms with Crippen LogP contribution in [0.4, 0.5) is 5.69 Å². The van der Waals surface area contributed by atoms with Gasteiger partial charge in [0.05, 0.1) is 36.1 Å². The van der Waals surface area contributed by atoms with Crippen molar-refractivity contribution in [2.24, 2.45) is 5.10 Å². The molecule has 0 spiro atoms. The molecule has 0 bridgehead atoms. The lowest BCUT2D eigenvalue weighted by molar-refractivity contribution is 0.371. The van der Waals surface area contributed by atoms with Crippen LogP contribution in [0.1, 0.15) is 37.4 Å². The van der Waals surface area contributed by atoms with E-state index in [0.29, 0.717) is 29.1 Å². The van der Waals surface area contributed by atoms with E-state index in [0.717, 1.165) is 9.98 Å². The molecule has 0 fully saturated rings. The number of para-hydroxylation sites is 1. The van der Waals surface area contributed by atoms with Gasteiger partial charge < -0.3 is 4.74 Å². The van der Waals surface area contributed by atoms with E-state index in [1.54, 1.807) is 57.4 Å². The Morgan fingerprint density at radius 3 is 2.30 bits per heavy atom. The van der Waals surface area contributed by atoms with E-state index in [-0.39, 0.29) is 11.5 Å². The number of hydrazone groups is 1. The first-order valence-electron chi connectivity index (χ1n) is 9.54. The lowest BCUT2D eigenvalue weighted by Crippen LogP contribution is -2.28. The van der Waals surface area contributed by atoms with E-state index in [1.165, 1.54) is 0 Å².